The van der Waals surface area contributed by atoms with Crippen LogP contribution in [0.4, 0.5) is 5.69 Å². The van der Waals surface area contributed by atoms with Crippen molar-refractivity contribution in [2.45, 2.75) is 51.8 Å². The number of benzene rings is 4. The van der Waals surface area contributed by atoms with Crippen LogP contribution in [0.15, 0.2) is 115 Å². The first-order valence-corrected chi connectivity index (χ1v) is 18.5. The Morgan fingerprint density at radius 1 is 0.553 bits per heavy atom. The van der Waals surface area contributed by atoms with Crippen molar-refractivity contribution < 1.29 is 8.00 Å². The molecule has 196 valence electrons. The van der Waals surface area contributed by atoms with E-state index in [1.807, 2.05) is 0 Å². The fraction of sp³-hybridized carbons (Fsp3) is 0.273. The number of hydrogen-bond acceptors (Lipinski definition) is 3. The van der Waals surface area contributed by atoms with Crippen LogP contribution >= 0.6 is 0 Å². The summed E-state index contributed by atoms with van der Waals surface area (Å²) in [6, 6.07) is 38.7. The first kappa shape index (κ1) is 27.9. The van der Waals surface area contributed by atoms with E-state index in [2.05, 4.69) is 133 Å². The van der Waals surface area contributed by atoms with Gasteiger partial charge in [0.05, 0.1) is 0 Å². The Labute approximate surface area is 231 Å². The average molecular weight is 614 g/mol. The fourth-order valence-corrected chi connectivity index (χ4v) is 28.6. The standard InChI is InChI=1S/3C9H11.C6H5NO3.Sn/c3*1-8(2)9-6-4-3-5-7-9;8-6-3-1-5(2-4-6)7(9)10;/h3*3-7H,1-2H3;1-4,8H;/q;;;;+1/p-1. The van der Waals surface area contributed by atoms with Crippen molar-refractivity contribution in [2.24, 2.45) is 0 Å². The van der Waals surface area contributed by atoms with E-state index in [9.17, 15) is 10.1 Å². The topological polar surface area (TPSA) is 52.4 Å². The first-order valence-electron chi connectivity index (χ1n) is 13.1. The molecule has 0 bridgehead atoms. The predicted molar refractivity (Wildman–Crippen MR) is 158 cm³/mol. The molecule has 0 aliphatic heterocycles. The van der Waals surface area contributed by atoms with E-state index in [1.165, 1.54) is 16.7 Å². The number of rotatable bonds is 9. The molecule has 0 aromatic heterocycles. The van der Waals surface area contributed by atoms with Crippen molar-refractivity contribution in [1.29, 1.82) is 0 Å². The Bertz CT molecular complexity index is 1240. The Morgan fingerprint density at radius 2 is 0.868 bits per heavy atom. The van der Waals surface area contributed by atoms with Gasteiger partial charge < -0.3 is 0 Å². The first-order chi connectivity index (χ1) is 17.9. The van der Waals surface area contributed by atoms with Crippen LogP contribution in [0.25, 0.3) is 0 Å². The molecule has 0 spiro atoms. The third-order valence-electron chi connectivity index (χ3n) is 8.45. The Balaban J connectivity index is 2.10. The van der Waals surface area contributed by atoms with Gasteiger partial charge >= 0.3 is 232 Å². The van der Waals surface area contributed by atoms with Gasteiger partial charge in [-0.15, -0.1) is 0 Å². The molecular formula is C33H37NO3Sn. The third kappa shape index (κ3) is 4.64. The zero-order valence-electron chi connectivity index (χ0n) is 23.1. The molecule has 0 aliphatic carbocycles. The number of hydrogen-bond donors (Lipinski definition) is 0. The molecule has 0 heterocycles. The van der Waals surface area contributed by atoms with Crippen LogP contribution in [0.2, 0.25) is 0 Å². The van der Waals surface area contributed by atoms with Gasteiger partial charge in [0, 0.05) is 0 Å². The molecule has 4 aromatic rings. The van der Waals surface area contributed by atoms with Gasteiger partial charge in [-0.3, -0.25) is 0 Å². The Morgan fingerprint density at radius 3 is 1.16 bits per heavy atom. The fourth-order valence-electron chi connectivity index (χ4n) is 6.71. The second kappa shape index (κ2) is 10.6. The summed E-state index contributed by atoms with van der Waals surface area (Å²) in [5.41, 5.74) is 3.78. The van der Waals surface area contributed by atoms with Crippen LogP contribution in [0.1, 0.15) is 58.2 Å². The Kier molecular flexibility index (Phi) is 7.76. The van der Waals surface area contributed by atoms with Crippen molar-refractivity contribution in [3.63, 3.8) is 0 Å². The van der Waals surface area contributed by atoms with Crippen molar-refractivity contribution >= 4 is 24.5 Å². The van der Waals surface area contributed by atoms with Gasteiger partial charge in [-0.25, -0.2) is 0 Å². The Hall–Kier alpha value is -3.12. The van der Waals surface area contributed by atoms with Gasteiger partial charge in [0.25, 0.3) is 0 Å². The zero-order valence-corrected chi connectivity index (χ0v) is 26.0. The van der Waals surface area contributed by atoms with Crippen LogP contribution in [0.5, 0.6) is 5.75 Å². The maximum absolute atomic E-state index is 11.4. The predicted octanol–water partition coefficient (Wildman–Crippen LogP) is 8.47. The summed E-state index contributed by atoms with van der Waals surface area (Å²) >= 11 is -4.32. The van der Waals surface area contributed by atoms with Crippen LogP contribution in [0, 0.1) is 10.1 Å². The molecule has 0 saturated heterocycles. The molecule has 0 saturated carbocycles. The summed E-state index contributed by atoms with van der Waals surface area (Å²) in [6.07, 6.45) is 0. The van der Waals surface area contributed by atoms with Crippen LogP contribution in [0.3, 0.4) is 0 Å². The summed E-state index contributed by atoms with van der Waals surface area (Å²) in [5.74, 6) is 0.684. The molecule has 0 fully saturated rings. The van der Waals surface area contributed by atoms with Gasteiger partial charge in [-0.1, -0.05) is 0 Å². The van der Waals surface area contributed by atoms with E-state index in [-0.39, 0.29) is 20.9 Å². The van der Waals surface area contributed by atoms with Crippen LogP contribution in [-0.4, -0.2) is 23.7 Å². The quantitative estimate of drug-likeness (QED) is 0.108. The molecule has 4 nitrogen and oxygen atoms in total. The summed E-state index contributed by atoms with van der Waals surface area (Å²) in [5, 5.41) is 11.4. The van der Waals surface area contributed by atoms with Crippen molar-refractivity contribution in [3.8, 4) is 5.75 Å². The molecule has 0 radical (unpaired) electrons. The minimum absolute atomic E-state index is 0.0603. The van der Waals surface area contributed by atoms with Gasteiger partial charge in [-0.05, 0) is 0 Å². The van der Waals surface area contributed by atoms with Crippen LogP contribution in [-0.2, 0) is 10.3 Å². The van der Waals surface area contributed by atoms with Crippen molar-refractivity contribution in [1.82, 2.24) is 0 Å². The number of non-ortho nitro benzene ring substituents is 1. The molecule has 4 rings (SSSR count). The van der Waals surface area contributed by atoms with Crippen molar-refractivity contribution in [2.75, 3.05) is 0 Å². The average Bonchev–Trinajstić information content (AvgIpc) is 2.93. The number of nitro groups is 1. The SMILES string of the molecule is C[C](C)(c1ccccc1)[Sn]([O]c1ccc([N+](=O)[O-])cc1)([C](C)(C)c1ccccc1)[C](C)(C)c1ccccc1. The second-order valence-electron chi connectivity index (χ2n) is 11.5. The second-order valence-corrected chi connectivity index (χ2v) is 26.7. The van der Waals surface area contributed by atoms with Gasteiger partial charge in [0.2, 0.25) is 0 Å². The maximum atomic E-state index is 11.4. The summed E-state index contributed by atoms with van der Waals surface area (Å²) in [6.45, 7) is 14.1. The van der Waals surface area contributed by atoms with E-state index in [1.54, 1.807) is 24.3 Å². The van der Waals surface area contributed by atoms with Crippen molar-refractivity contribution in [3.05, 3.63) is 142 Å². The summed E-state index contributed by atoms with van der Waals surface area (Å²) in [4.78, 5) is 11.0. The molecule has 38 heavy (non-hydrogen) atoms. The summed E-state index contributed by atoms with van der Waals surface area (Å²) < 4.78 is 6.61. The monoisotopic (exact) mass is 615 g/mol. The molecular weight excluding hydrogens is 577 g/mol. The van der Waals surface area contributed by atoms with E-state index in [4.69, 9.17) is 3.07 Å². The van der Waals surface area contributed by atoms with E-state index < -0.39 is 18.8 Å². The molecule has 4 aromatic carbocycles. The summed E-state index contributed by atoms with van der Waals surface area (Å²) in [7, 11) is 0. The van der Waals surface area contributed by atoms with Gasteiger partial charge in [0.15, 0.2) is 0 Å². The molecule has 0 atom stereocenters. The minimum atomic E-state index is -4.32. The van der Waals surface area contributed by atoms with Gasteiger partial charge in [0.1, 0.15) is 0 Å². The zero-order chi connectivity index (χ0) is 27.6. The molecule has 0 unspecified atom stereocenters. The van der Waals surface area contributed by atoms with Crippen LogP contribution < -0.4 is 3.07 Å². The van der Waals surface area contributed by atoms with Gasteiger partial charge in [-0.2, -0.15) is 0 Å². The molecule has 0 amide bonds. The normalized spacial score (nSPS) is 12.7. The molecule has 5 heteroatoms. The third-order valence-corrected chi connectivity index (χ3v) is 27.5. The molecule has 0 aliphatic rings. The van der Waals surface area contributed by atoms with E-state index in [0.29, 0.717) is 5.75 Å². The number of nitrogens with zero attached hydrogens (tertiary/aromatic N) is 1. The van der Waals surface area contributed by atoms with E-state index in [0.717, 1.165) is 0 Å². The van der Waals surface area contributed by atoms with E-state index >= 15 is 0 Å². The molecule has 0 N–H and O–H groups in total. The number of nitro benzene ring substituents is 1.